The van der Waals surface area contributed by atoms with Gasteiger partial charge in [-0.1, -0.05) is 221 Å². The molecule has 0 spiro atoms. The lowest BCUT2D eigenvalue weighted by Gasteiger charge is -2.42. The van der Waals surface area contributed by atoms with E-state index in [2.05, 4.69) is 86.8 Å². The minimum Gasteiger partial charge on any atom is -0.457 e. The Balaban J connectivity index is 1.70. The molecule has 14 heteroatoms. The van der Waals surface area contributed by atoms with Gasteiger partial charge in [-0.15, -0.1) is 0 Å². The van der Waals surface area contributed by atoms with Gasteiger partial charge in [0.15, 0.2) is 12.6 Å². The van der Waals surface area contributed by atoms with E-state index < -0.39 is 86.7 Å². The Hall–Kier alpha value is -2.83. The maximum absolute atomic E-state index is 13.1. The molecule has 14 nitrogen and oxygen atoms in total. The van der Waals surface area contributed by atoms with Crippen LogP contribution in [0.3, 0.4) is 0 Å². The molecular weight excluding hydrogens is 1000 g/mol. The molecule has 0 aromatic rings. The van der Waals surface area contributed by atoms with Crippen molar-refractivity contribution in [1.82, 2.24) is 0 Å². The summed E-state index contributed by atoms with van der Waals surface area (Å²) in [6, 6.07) is 0. The first-order chi connectivity index (χ1) is 38.6. The van der Waals surface area contributed by atoms with Crippen LogP contribution in [0.4, 0.5) is 0 Å². The lowest BCUT2D eigenvalue weighted by atomic mass is 9.98. The van der Waals surface area contributed by atoms with Crippen molar-refractivity contribution in [3.63, 3.8) is 0 Å². The molecule has 2 rings (SSSR count). The molecule has 0 bridgehead atoms. The van der Waals surface area contributed by atoms with E-state index in [0.29, 0.717) is 13.0 Å². The number of esters is 1. The smallest absolute Gasteiger partial charge is 0.306 e. The van der Waals surface area contributed by atoms with Gasteiger partial charge in [0.05, 0.1) is 26.4 Å². The highest BCUT2D eigenvalue weighted by molar-refractivity contribution is 5.69. The number of allylic oxidation sites excluding steroid dienone is 14. The third-order valence-electron chi connectivity index (χ3n) is 14.4. The topological polar surface area (TPSA) is 214 Å². The summed E-state index contributed by atoms with van der Waals surface area (Å²) in [4.78, 5) is 13.1. The minimum absolute atomic E-state index is 0.0279. The molecule has 2 fully saturated rings. The second kappa shape index (κ2) is 50.9. The molecule has 0 aromatic heterocycles. The van der Waals surface area contributed by atoms with E-state index in [-0.39, 0.29) is 19.6 Å². The molecule has 11 unspecified atom stereocenters. The fourth-order valence-corrected chi connectivity index (χ4v) is 9.42. The second-order valence-corrected chi connectivity index (χ2v) is 21.5. The number of carbonyl (C=O) groups excluding carboxylic acids is 1. The fraction of sp³-hybridized carbons (Fsp3) is 0.769. The summed E-state index contributed by atoms with van der Waals surface area (Å²) in [5.74, 6) is -0.457. The van der Waals surface area contributed by atoms with Crippen LogP contribution < -0.4 is 0 Å². The number of rotatable bonds is 50. The van der Waals surface area contributed by atoms with Gasteiger partial charge in [-0.2, -0.15) is 0 Å². The molecule has 79 heavy (non-hydrogen) atoms. The van der Waals surface area contributed by atoms with Crippen LogP contribution in [0.15, 0.2) is 85.1 Å². The summed E-state index contributed by atoms with van der Waals surface area (Å²) in [5.41, 5.74) is 0. The molecule has 0 amide bonds. The predicted octanol–water partition coefficient (Wildman–Crippen LogP) is 12.0. The summed E-state index contributed by atoms with van der Waals surface area (Å²) in [6.45, 7) is 3.49. The molecule has 0 saturated carbocycles. The van der Waals surface area contributed by atoms with Gasteiger partial charge in [0.1, 0.15) is 54.9 Å². The zero-order valence-electron chi connectivity index (χ0n) is 49.1. The van der Waals surface area contributed by atoms with E-state index in [1.807, 2.05) is 12.2 Å². The first kappa shape index (κ1) is 72.3. The van der Waals surface area contributed by atoms with Gasteiger partial charge >= 0.3 is 5.97 Å². The highest BCUT2D eigenvalue weighted by Gasteiger charge is 2.47. The molecule has 11 atom stereocenters. The zero-order chi connectivity index (χ0) is 57.2. The monoisotopic (exact) mass is 1120 g/mol. The number of aliphatic hydroxyl groups excluding tert-OH is 7. The molecule has 0 aliphatic carbocycles. The molecule has 2 aliphatic heterocycles. The number of unbranched alkanes of at least 4 members (excludes halogenated alkanes) is 22. The van der Waals surface area contributed by atoms with Gasteiger partial charge in [-0.05, 0) is 77.0 Å². The molecular formula is C65H112O14. The largest absolute Gasteiger partial charge is 0.457 e. The maximum Gasteiger partial charge on any atom is 0.306 e. The Morgan fingerprint density at radius 3 is 1.29 bits per heavy atom. The SMILES string of the molecule is CC/C=C\C/C=C\C/C=C\C/C=C\C/C=C\C/C=C\CCC(=O)OC(COCCCCCCCCCCCCCCCC/C=C\CCCCCCCCCC)COC1OC(COC2OC(CO)C(O)C(O)C2O)C(O)C(O)C1O. The lowest BCUT2D eigenvalue weighted by Crippen LogP contribution is -2.61. The maximum atomic E-state index is 13.1. The first-order valence-electron chi connectivity index (χ1n) is 31.2. The number of hydrogen-bond acceptors (Lipinski definition) is 14. The van der Waals surface area contributed by atoms with E-state index in [1.165, 1.54) is 135 Å². The van der Waals surface area contributed by atoms with Crippen LogP contribution in [0, 0.1) is 0 Å². The predicted molar refractivity (Wildman–Crippen MR) is 316 cm³/mol. The third-order valence-corrected chi connectivity index (χ3v) is 14.4. The van der Waals surface area contributed by atoms with Gasteiger partial charge < -0.3 is 64.2 Å². The first-order valence-corrected chi connectivity index (χ1v) is 31.2. The standard InChI is InChI=1S/C65H112O14/c1-3-5-7-9-11-13-15-17-19-21-23-24-25-26-27-28-29-31-33-35-37-39-41-43-45-47-49-74-51-54(77-57(67)48-46-44-42-40-38-36-34-32-30-22-20-18-16-14-12-10-8-6-4-2)52-75-64-63(73)61(71)59(69)56(79-64)53-76-65-62(72)60(70)58(68)55(50-66)78-65/h6,8,12,14,18,20-21,23,30,32,36,38,42,44,54-56,58-66,68-73H,3-5,7,9-11,13,15-17,19,22,24-29,31,33-35,37,39-41,43,45-53H2,1-2H3/b8-6-,14-12-,20-18-,23-21-,32-30-,38-36-,44-42-. The minimum atomic E-state index is -1.72. The molecule has 2 heterocycles. The summed E-state index contributed by atoms with van der Waals surface area (Å²) in [6.07, 6.45) is 51.0. The third kappa shape index (κ3) is 37.1. The van der Waals surface area contributed by atoms with E-state index in [9.17, 15) is 40.5 Å². The van der Waals surface area contributed by atoms with Crippen molar-refractivity contribution < 1.29 is 69.0 Å². The Bertz CT molecular complexity index is 1630. The fourth-order valence-electron chi connectivity index (χ4n) is 9.42. The Kier molecular flexibility index (Phi) is 46.5. The zero-order valence-corrected chi connectivity index (χ0v) is 49.1. The van der Waals surface area contributed by atoms with E-state index in [0.717, 1.165) is 57.8 Å². The quantitative estimate of drug-likeness (QED) is 0.0172. The van der Waals surface area contributed by atoms with Crippen molar-refractivity contribution in [3.05, 3.63) is 85.1 Å². The highest BCUT2D eigenvalue weighted by atomic mass is 16.7. The average Bonchev–Trinajstić information content (AvgIpc) is 3.46. The molecule has 2 saturated heterocycles. The van der Waals surface area contributed by atoms with Gasteiger partial charge in [0.2, 0.25) is 0 Å². The van der Waals surface area contributed by atoms with E-state index in [4.69, 9.17) is 28.4 Å². The van der Waals surface area contributed by atoms with Crippen molar-refractivity contribution in [2.75, 3.05) is 33.0 Å². The number of aliphatic hydroxyl groups is 7. The molecule has 0 aromatic carbocycles. The van der Waals surface area contributed by atoms with Crippen molar-refractivity contribution in [1.29, 1.82) is 0 Å². The number of ether oxygens (including phenoxy) is 6. The summed E-state index contributed by atoms with van der Waals surface area (Å²) in [7, 11) is 0. The Morgan fingerprint density at radius 1 is 0.430 bits per heavy atom. The van der Waals surface area contributed by atoms with Crippen LogP contribution >= 0.6 is 0 Å². The average molecular weight is 1120 g/mol. The Labute approximate surface area is 478 Å². The van der Waals surface area contributed by atoms with Gasteiger partial charge in [0.25, 0.3) is 0 Å². The van der Waals surface area contributed by atoms with Gasteiger partial charge in [0, 0.05) is 13.0 Å². The Morgan fingerprint density at radius 2 is 0.823 bits per heavy atom. The van der Waals surface area contributed by atoms with Crippen LogP contribution in [0.1, 0.15) is 219 Å². The molecule has 2 aliphatic rings. The molecule has 0 radical (unpaired) electrons. The van der Waals surface area contributed by atoms with Gasteiger partial charge in [-0.3, -0.25) is 4.79 Å². The number of carbonyl (C=O) groups is 1. The van der Waals surface area contributed by atoms with Crippen LogP contribution in [-0.4, -0.2) is 142 Å². The highest BCUT2D eigenvalue weighted by Crippen LogP contribution is 2.27. The van der Waals surface area contributed by atoms with Crippen molar-refractivity contribution in [2.45, 2.75) is 287 Å². The van der Waals surface area contributed by atoms with Crippen LogP contribution in [0.5, 0.6) is 0 Å². The van der Waals surface area contributed by atoms with Crippen LogP contribution in [0.2, 0.25) is 0 Å². The van der Waals surface area contributed by atoms with E-state index >= 15 is 0 Å². The summed E-state index contributed by atoms with van der Waals surface area (Å²) >= 11 is 0. The lowest BCUT2D eigenvalue weighted by molar-refractivity contribution is -0.332. The van der Waals surface area contributed by atoms with Crippen LogP contribution in [-0.2, 0) is 33.2 Å². The summed E-state index contributed by atoms with van der Waals surface area (Å²) in [5, 5.41) is 72.4. The molecule has 456 valence electrons. The van der Waals surface area contributed by atoms with E-state index in [1.54, 1.807) is 0 Å². The second-order valence-electron chi connectivity index (χ2n) is 21.5. The van der Waals surface area contributed by atoms with Crippen molar-refractivity contribution in [2.24, 2.45) is 0 Å². The summed E-state index contributed by atoms with van der Waals surface area (Å²) < 4.78 is 34.3. The molecule has 7 N–H and O–H groups in total. The van der Waals surface area contributed by atoms with Crippen molar-refractivity contribution in [3.8, 4) is 0 Å². The van der Waals surface area contributed by atoms with Crippen molar-refractivity contribution >= 4 is 5.97 Å². The normalized spacial score (nSPS) is 24.6. The number of hydrogen-bond donors (Lipinski definition) is 7. The van der Waals surface area contributed by atoms with Gasteiger partial charge in [-0.25, -0.2) is 0 Å². The van der Waals surface area contributed by atoms with Crippen LogP contribution in [0.25, 0.3) is 0 Å².